The van der Waals surface area contributed by atoms with Crippen molar-refractivity contribution in [3.63, 3.8) is 0 Å². The normalized spacial score (nSPS) is 19.7. The summed E-state index contributed by atoms with van der Waals surface area (Å²) >= 11 is 0. The highest BCUT2D eigenvalue weighted by atomic mass is 16.5. The van der Waals surface area contributed by atoms with E-state index in [1.54, 1.807) is 5.01 Å². The van der Waals surface area contributed by atoms with Gasteiger partial charge in [-0.25, -0.2) is 0 Å². The summed E-state index contributed by atoms with van der Waals surface area (Å²) in [5.41, 5.74) is 6.47. The van der Waals surface area contributed by atoms with Crippen LogP contribution in [0.25, 0.3) is 0 Å². The van der Waals surface area contributed by atoms with Crippen LogP contribution in [0.1, 0.15) is 19.3 Å². The molecule has 0 spiro atoms. The van der Waals surface area contributed by atoms with E-state index in [1.807, 2.05) is 6.08 Å². The molecule has 1 atom stereocenters. The van der Waals surface area contributed by atoms with Crippen LogP contribution in [0.3, 0.4) is 0 Å². The zero-order chi connectivity index (χ0) is 13.1. The number of esters is 1. The van der Waals surface area contributed by atoms with Crippen LogP contribution in [0.5, 0.6) is 0 Å². The zero-order valence-corrected chi connectivity index (χ0v) is 10.2. The van der Waals surface area contributed by atoms with Gasteiger partial charge in [0.05, 0.1) is 13.2 Å². The van der Waals surface area contributed by atoms with Gasteiger partial charge >= 0.3 is 5.97 Å². The largest absolute Gasteiger partial charge is 0.469 e. The van der Waals surface area contributed by atoms with Gasteiger partial charge in [0.25, 0.3) is 5.91 Å². The third-order valence-electron chi connectivity index (χ3n) is 2.90. The molecule has 0 aromatic heterocycles. The molecular formula is C11H16N4O3. The molecule has 0 aliphatic carbocycles. The monoisotopic (exact) mass is 252 g/mol. The van der Waals surface area contributed by atoms with Crippen LogP contribution in [0.2, 0.25) is 0 Å². The second-order valence-electron chi connectivity index (χ2n) is 4.16. The summed E-state index contributed by atoms with van der Waals surface area (Å²) in [7, 11) is 1.33. The minimum absolute atomic E-state index is 0.189. The van der Waals surface area contributed by atoms with Crippen molar-refractivity contribution in [3.05, 3.63) is 11.8 Å². The van der Waals surface area contributed by atoms with Crippen LogP contribution in [0, 0.1) is 0 Å². The van der Waals surface area contributed by atoms with Gasteiger partial charge in [0.15, 0.2) is 0 Å². The molecule has 0 radical (unpaired) electrons. The van der Waals surface area contributed by atoms with E-state index in [-0.39, 0.29) is 18.3 Å². The van der Waals surface area contributed by atoms with E-state index < -0.39 is 6.04 Å². The smallest absolute Gasteiger partial charge is 0.305 e. The van der Waals surface area contributed by atoms with Gasteiger partial charge in [0, 0.05) is 13.0 Å². The van der Waals surface area contributed by atoms with Gasteiger partial charge in [-0.3, -0.25) is 14.6 Å². The number of nitrogens with zero attached hydrogens (tertiary/aromatic N) is 2. The molecule has 18 heavy (non-hydrogen) atoms. The minimum atomic E-state index is -0.477. The van der Waals surface area contributed by atoms with Crippen LogP contribution in [-0.2, 0) is 14.3 Å². The van der Waals surface area contributed by atoms with Crippen LogP contribution in [0.15, 0.2) is 16.9 Å². The molecule has 2 aliphatic rings. The van der Waals surface area contributed by atoms with E-state index in [2.05, 4.69) is 15.2 Å². The maximum Gasteiger partial charge on any atom is 0.305 e. The van der Waals surface area contributed by atoms with Crippen LogP contribution in [-0.4, -0.2) is 42.4 Å². The number of rotatable bonds is 4. The number of methoxy groups -OCH3 is 1. The van der Waals surface area contributed by atoms with Crippen molar-refractivity contribution < 1.29 is 14.3 Å². The van der Waals surface area contributed by atoms with Crippen molar-refractivity contribution in [2.45, 2.75) is 25.3 Å². The standard InChI is InChI=1S/C11H16N4O3/c1-18-9(16)5-4-7(12)10-13-11(17)8-3-2-6-15(8)14-10/h3,7H,2,4-6,12H2,1H3,(H,13,14,17)/t7-/m0/s1. The number of hydrazone groups is 1. The molecule has 0 aromatic rings. The number of carbonyl (C=O) groups is 2. The summed E-state index contributed by atoms with van der Waals surface area (Å²) in [6, 6.07) is -0.477. The average Bonchev–Trinajstić information content (AvgIpc) is 2.84. The summed E-state index contributed by atoms with van der Waals surface area (Å²) in [5, 5.41) is 8.57. The van der Waals surface area contributed by atoms with Gasteiger partial charge in [0.2, 0.25) is 0 Å². The maximum atomic E-state index is 11.7. The molecule has 2 aliphatic heterocycles. The Morgan fingerprint density at radius 3 is 3.22 bits per heavy atom. The summed E-state index contributed by atoms with van der Waals surface area (Å²) < 4.78 is 4.54. The number of carbonyl (C=O) groups excluding carboxylic acids is 2. The molecule has 0 unspecified atom stereocenters. The molecule has 0 aromatic carbocycles. The number of hydrogen-bond acceptors (Lipinski definition) is 6. The molecule has 98 valence electrons. The van der Waals surface area contributed by atoms with Crippen LogP contribution >= 0.6 is 0 Å². The minimum Gasteiger partial charge on any atom is -0.469 e. The number of hydrogen-bond donors (Lipinski definition) is 2. The lowest BCUT2D eigenvalue weighted by Crippen LogP contribution is -2.50. The van der Waals surface area contributed by atoms with E-state index in [1.165, 1.54) is 7.11 Å². The van der Waals surface area contributed by atoms with Crippen LogP contribution < -0.4 is 11.1 Å². The molecular weight excluding hydrogens is 236 g/mol. The highest BCUT2D eigenvalue weighted by Crippen LogP contribution is 2.18. The summed E-state index contributed by atoms with van der Waals surface area (Å²) in [6.07, 6.45) is 3.24. The SMILES string of the molecule is COC(=O)CC[C@H](N)C1=NN2CCC=C2C(=O)N1. The second-order valence-corrected chi connectivity index (χ2v) is 4.16. The van der Waals surface area contributed by atoms with Crippen LogP contribution in [0.4, 0.5) is 0 Å². The summed E-state index contributed by atoms with van der Waals surface area (Å²) in [5.74, 6) is -0.107. The zero-order valence-electron chi connectivity index (χ0n) is 10.2. The number of nitrogens with two attached hydrogens (primary N) is 1. The topological polar surface area (TPSA) is 97.0 Å². The van der Waals surface area contributed by atoms with Gasteiger partial charge in [-0.2, -0.15) is 5.10 Å². The molecule has 0 saturated heterocycles. The average molecular weight is 252 g/mol. The highest BCUT2D eigenvalue weighted by molar-refractivity contribution is 6.09. The first-order valence-corrected chi connectivity index (χ1v) is 5.81. The predicted octanol–water partition coefficient (Wildman–Crippen LogP) is -0.700. The first kappa shape index (κ1) is 12.6. The quantitative estimate of drug-likeness (QED) is 0.645. The lowest BCUT2D eigenvalue weighted by atomic mass is 10.1. The lowest BCUT2D eigenvalue weighted by Gasteiger charge is -2.26. The van der Waals surface area contributed by atoms with E-state index in [0.29, 0.717) is 24.5 Å². The number of ether oxygens (including phenoxy) is 1. The van der Waals surface area contributed by atoms with Crippen molar-refractivity contribution in [1.29, 1.82) is 0 Å². The van der Waals surface area contributed by atoms with E-state index in [0.717, 1.165) is 6.42 Å². The van der Waals surface area contributed by atoms with Gasteiger partial charge in [-0.1, -0.05) is 6.08 Å². The Morgan fingerprint density at radius 1 is 1.72 bits per heavy atom. The fourth-order valence-electron chi connectivity index (χ4n) is 1.88. The van der Waals surface area contributed by atoms with E-state index in [4.69, 9.17) is 5.73 Å². The number of amides is 1. The molecule has 2 rings (SSSR count). The second kappa shape index (κ2) is 5.18. The Hall–Kier alpha value is -1.89. The molecule has 7 heteroatoms. The van der Waals surface area contributed by atoms with E-state index >= 15 is 0 Å². The third kappa shape index (κ3) is 2.51. The Morgan fingerprint density at radius 2 is 2.50 bits per heavy atom. The Bertz CT molecular complexity index is 430. The van der Waals surface area contributed by atoms with Crippen molar-refractivity contribution in [3.8, 4) is 0 Å². The van der Waals surface area contributed by atoms with Crippen molar-refractivity contribution in [1.82, 2.24) is 10.3 Å². The van der Waals surface area contributed by atoms with Gasteiger partial charge in [-0.15, -0.1) is 0 Å². The maximum absolute atomic E-state index is 11.7. The molecule has 0 saturated carbocycles. The molecule has 3 N–H and O–H groups in total. The Balaban J connectivity index is 1.99. The van der Waals surface area contributed by atoms with Gasteiger partial charge in [0.1, 0.15) is 11.5 Å². The first-order chi connectivity index (χ1) is 8.61. The highest BCUT2D eigenvalue weighted by Gasteiger charge is 2.29. The summed E-state index contributed by atoms with van der Waals surface area (Å²) in [6.45, 7) is 0.690. The molecule has 2 heterocycles. The fraction of sp³-hybridized carbons (Fsp3) is 0.545. The Kier molecular flexibility index (Phi) is 3.61. The Labute approximate surface area is 105 Å². The van der Waals surface area contributed by atoms with Gasteiger partial charge in [-0.05, 0) is 12.8 Å². The lowest BCUT2D eigenvalue weighted by molar-refractivity contribution is -0.140. The molecule has 0 fully saturated rings. The summed E-state index contributed by atoms with van der Waals surface area (Å²) in [4.78, 5) is 22.8. The molecule has 0 bridgehead atoms. The number of fused-ring (bicyclic) bond motifs is 1. The molecule has 7 nitrogen and oxygen atoms in total. The van der Waals surface area contributed by atoms with Crippen molar-refractivity contribution in [2.24, 2.45) is 10.8 Å². The fourth-order valence-corrected chi connectivity index (χ4v) is 1.88. The third-order valence-corrected chi connectivity index (χ3v) is 2.90. The van der Waals surface area contributed by atoms with Gasteiger partial charge < -0.3 is 15.8 Å². The number of nitrogens with one attached hydrogen (secondary N) is 1. The van der Waals surface area contributed by atoms with Crippen molar-refractivity contribution >= 4 is 17.7 Å². The van der Waals surface area contributed by atoms with Crippen molar-refractivity contribution in [2.75, 3.05) is 13.7 Å². The van der Waals surface area contributed by atoms with E-state index in [9.17, 15) is 9.59 Å². The molecule has 1 amide bonds. The predicted molar refractivity (Wildman–Crippen MR) is 64.2 cm³/mol. The first-order valence-electron chi connectivity index (χ1n) is 5.81. The number of amidine groups is 1.